The first-order valence-corrected chi connectivity index (χ1v) is 30.5. The molecular weight excluding hydrogens is 1170 g/mol. The highest BCUT2D eigenvalue weighted by atomic mass is 79.9. The number of aryl methyl sites for hydroxylation is 2. The molecule has 0 radical (unpaired) electrons. The average Bonchev–Trinajstić information content (AvgIpc) is 2.75. The van der Waals surface area contributed by atoms with Crippen LogP contribution in [0.2, 0.25) is 0 Å². The van der Waals surface area contributed by atoms with E-state index in [-0.39, 0.29) is 16.6 Å². The second-order valence-corrected chi connectivity index (χ2v) is 25.5. The van der Waals surface area contributed by atoms with Crippen molar-refractivity contribution in [3.63, 3.8) is 0 Å². The van der Waals surface area contributed by atoms with Crippen LogP contribution in [-0.2, 0) is 33.7 Å². The van der Waals surface area contributed by atoms with Gasteiger partial charge in [-0.15, -0.1) is 0 Å². The Morgan fingerprint density at radius 3 is 1.44 bits per heavy atom. The lowest BCUT2D eigenvalue weighted by Gasteiger charge is -2.37. The number of thioether (sulfide) groups is 1. The maximum atomic E-state index is 6.32. The van der Waals surface area contributed by atoms with Crippen molar-refractivity contribution in [2.24, 2.45) is 36.3 Å². The Labute approximate surface area is 505 Å². The van der Waals surface area contributed by atoms with Gasteiger partial charge in [-0.25, -0.2) is 49.2 Å². The Bertz CT molecular complexity index is 3750. The van der Waals surface area contributed by atoms with Gasteiger partial charge in [0.05, 0.1) is 58.1 Å². The minimum Gasteiger partial charge on any atom is -0.497 e. The molecule has 2 aromatic carbocycles. The van der Waals surface area contributed by atoms with Crippen molar-refractivity contribution in [2.45, 2.75) is 111 Å². The van der Waals surface area contributed by atoms with Gasteiger partial charge in [-0.05, 0) is 134 Å². The molecule has 0 aliphatic carbocycles. The van der Waals surface area contributed by atoms with Gasteiger partial charge in [0.1, 0.15) is 50.7 Å². The molecule has 13 rings (SSSR count). The number of nitrogens with two attached hydrogens (primary N) is 3. The number of piperidine rings is 3. The summed E-state index contributed by atoms with van der Waals surface area (Å²) in [7, 11) is 7.28. The zero-order valence-corrected chi connectivity index (χ0v) is 51.8. The molecule has 6 N–H and O–H groups in total. The Hall–Kier alpha value is -7.23. The third kappa shape index (κ3) is 13.6. The Morgan fingerprint density at radius 2 is 0.976 bits per heavy atom. The number of aliphatic imine (C=N–C) groups is 1. The summed E-state index contributed by atoms with van der Waals surface area (Å²) < 4.78 is 19.0. The molecule has 0 spiro atoms. The van der Waals surface area contributed by atoms with Crippen molar-refractivity contribution in [1.82, 2.24) is 68.6 Å². The number of aromatic nitrogens is 14. The van der Waals surface area contributed by atoms with E-state index in [2.05, 4.69) is 81.4 Å². The summed E-state index contributed by atoms with van der Waals surface area (Å²) in [6.07, 6.45) is 18.6. The smallest absolute Gasteiger partial charge is 0.180 e. The highest BCUT2D eigenvalue weighted by Crippen LogP contribution is 2.34. The number of hydrogen-bond donors (Lipinski definition) is 3. The standard InChI is InChI=1S/C23H28N8OS.C19H23BrN6O.C16H21N7S/c1-23(24)8-11-30(12-9-23)18-14-26-19-20(27-18)31(15-16-4-6-17(32-3)7-5-16)28-21(19)33-22-25-10-13-29(22)2;1-19(21)7-9-25(10-8-19)15-11-22-16-17(20)24-26(18(16)23-15)12-13-3-5-14(27-2)6-4-13;1-16(17)3-6-23(7-4-16)12-10-19-13-11(21-12)9-20-14(13)24-15-18-5-8-22(15)2/h4-7,10,13-14H,8-9,11-12,15,24H2,1-3H3;3-6,11H,7-10,12,21H2,1-2H3;5,8,10H,3-4,6-7,9,17H2,1-2H3. The van der Waals surface area contributed by atoms with Crippen molar-refractivity contribution in [3.05, 3.63) is 119 Å². The molecule has 7 aromatic heterocycles. The summed E-state index contributed by atoms with van der Waals surface area (Å²) in [6.45, 7) is 13.5. The number of methoxy groups -OCH3 is 2. The maximum absolute atomic E-state index is 6.32. The molecule has 0 amide bonds. The zero-order chi connectivity index (χ0) is 58.8. The SMILES string of the molecule is COc1ccc(Cn2nc(Br)c3ncc(N4CCC(C)(N)CC4)nc32)cc1.COc1ccc(Cn2nc(Sc3nccn3C)c3ncc(N4CCC(C)(N)CC4)nc32)cc1.Cn1ccnc1SC1=NCc2nc(N3CCC(C)(N)CC3)cnc21. The summed E-state index contributed by atoms with van der Waals surface area (Å²) in [6, 6.07) is 16.0. The number of hydrogen-bond acceptors (Lipinski definition) is 21. The molecule has 23 nitrogen and oxygen atoms in total. The van der Waals surface area contributed by atoms with Crippen LogP contribution in [-0.4, -0.2) is 144 Å². The molecule has 0 saturated carbocycles. The van der Waals surface area contributed by atoms with Crippen LogP contribution in [0, 0.1) is 0 Å². The molecule has 0 bridgehead atoms. The highest BCUT2D eigenvalue weighted by Gasteiger charge is 2.31. The number of imidazole rings is 2. The summed E-state index contributed by atoms with van der Waals surface area (Å²) in [5.41, 5.74) is 25.7. The van der Waals surface area contributed by atoms with Gasteiger partial charge in [0.15, 0.2) is 31.2 Å². The van der Waals surface area contributed by atoms with E-state index in [0.29, 0.717) is 24.2 Å². The van der Waals surface area contributed by atoms with Gasteiger partial charge in [-0.2, -0.15) is 10.2 Å². The van der Waals surface area contributed by atoms with E-state index in [1.54, 1.807) is 26.6 Å². The third-order valence-electron chi connectivity index (χ3n) is 15.8. The molecular formula is C58H72BrN21O2S2. The van der Waals surface area contributed by atoms with Crippen molar-refractivity contribution in [3.8, 4) is 11.5 Å². The van der Waals surface area contributed by atoms with E-state index in [1.807, 2.05) is 112 Å². The van der Waals surface area contributed by atoms with E-state index in [9.17, 15) is 0 Å². The number of nitrogens with zero attached hydrogens (tertiary/aromatic N) is 18. The van der Waals surface area contributed by atoms with Gasteiger partial charge in [-0.1, -0.05) is 24.3 Å². The van der Waals surface area contributed by atoms with Crippen molar-refractivity contribution >= 4 is 84.3 Å². The first-order valence-electron chi connectivity index (χ1n) is 28.1. The first kappa shape index (κ1) is 58.5. The fraction of sp³-hybridized carbons (Fsp3) is 0.431. The van der Waals surface area contributed by atoms with Crippen LogP contribution < -0.4 is 41.4 Å². The summed E-state index contributed by atoms with van der Waals surface area (Å²) >= 11 is 6.54. The van der Waals surface area contributed by atoms with Gasteiger partial charge >= 0.3 is 0 Å². The molecule has 3 fully saturated rings. The molecule has 0 atom stereocenters. The lowest BCUT2D eigenvalue weighted by atomic mass is 9.91. The van der Waals surface area contributed by atoms with Crippen LogP contribution >= 0.6 is 39.5 Å². The number of benzene rings is 2. The number of anilines is 3. The predicted octanol–water partition coefficient (Wildman–Crippen LogP) is 7.63. The van der Waals surface area contributed by atoms with E-state index in [1.165, 1.54) is 23.5 Å². The molecule has 440 valence electrons. The largest absolute Gasteiger partial charge is 0.497 e. The minimum atomic E-state index is -0.115. The second-order valence-electron chi connectivity index (χ2n) is 22.8. The predicted molar refractivity (Wildman–Crippen MR) is 333 cm³/mol. The lowest BCUT2D eigenvalue weighted by Crippen LogP contribution is -2.48. The summed E-state index contributed by atoms with van der Waals surface area (Å²) in [4.78, 5) is 48.8. The van der Waals surface area contributed by atoms with E-state index in [4.69, 9.17) is 51.7 Å². The van der Waals surface area contributed by atoms with Gasteiger partial charge < -0.3 is 50.5 Å². The molecule has 4 aliphatic heterocycles. The molecule has 4 aliphatic rings. The van der Waals surface area contributed by atoms with Crippen molar-refractivity contribution in [2.75, 3.05) is 68.2 Å². The fourth-order valence-corrected chi connectivity index (χ4v) is 12.4. The maximum Gasteiger partial charge on any atom is 0.180 e. The number of halogens is 1. The number of rotatable bonds is 12. The molecule has 84 heavy (non-hydrogen) atoms. The Morgan fingerprint density at radius 1 is 0.548 bits per heavy atom. The van der Waals surface area contributed by atoms with Crippen molar-refractivity contribution in [1.29, 1.82) is 0 Å². The summed E-state index contributed by atoms with van der Waals surface area (Å²) in [5.74, 6) is 4.34. The average molecular weight is 1240 g/mol. The highest BCUT2D eigenvalue weighted by molar-refractivity contribution is 9.10. The Balaban J connectivity index is 0.000000133. The van der Waals surface area contributed by atoms with Crippen LogP contribution in [0.15, 0.2) is 117 Å². The van der Waals surface area contributed by atoms with Crippen LogP contribution in [0.3, 0.4) is 0 Å². The van der Waals surface area contributed by atoms with Gasteiger partial charge in [-0.3, -0.25) is 4.99 Å². The molecule has 3 saturated heterocycles. The second kappa shape index (κ2) is 24.8. The topological polar surface area (TPSA) is 267 Å². The minimum absolute atomic E-state index is 0.0599. The van der Waals surface area contributed by atoms with Crippen LogP contribution in [0.1, 0.15) is 81.8 Å². The number of fused-ring (bicyclic) bond motifs is 3. The van der Waals surface area contributed by atoms with E-state index in [0.717, 1.165) is 172 Å². The van der Waals surface area contributed by atoms with E-state index >= 15 is 0 Å². The third-order valence-corrected chi connectivity index (χ3v) is 18.5. The molecule has 11 heterocycles. The number of ether oxygens (including phenoxy) is 2. The molecule has 26 heteroatoms. The van der Waals surface area contributed by atoms with Gasteiger partial charge in [0.2, 0.25) is 0 Å². The monoisotopic (exact) mass is 1240 g/mol. The quantitative estimate of drug-likeness (QED) is 0.106. The van der Waals surface area contributed by atoms with Gasteiger partial charge in [0, 0.05) is 94.8 Å². The lowest BCUT2D eigenvalue weighted by molar-refractivity contribution is 0.362. The fourth-order valence-electron chi connectivity index (χ4n) is 10.2. The first-order chi connectivity index (χ1) is 40.4. The van der Waals surface area contributed by atoms with Crippen molar-refractivity contribution < 1.29 is 9.47 Å². The normalized spacial score (nSPS) is 17.1. The zero-order valence-electron chi connectivity index (χ0n) is 48.6. The van der Waals surface area contributed by atoms with Gasteiger partial charge in [0.25, 0.3) is 0 Å². The summed E-state index contributed by atoms with van der Waals surface area (Å²) in [5, 5.41) is 12.9. The van der Waals surface area contributed by atoms with Crippen LogP contribution in [0.5, 0.6) is 11.5 Å². The molecule has 9 aromatic rings. The molecule has 0 unspecified atom stereocenters. The van der Waals surface area contributed by atoms with Crippen LogP contribution in [0.4, 0.5) is 17.5 Å². The van der Waals surface area contributed by atoms with Crippen LogP contribution in [0.25, 0.3) is 22.3 Å². The van der Waals surface area contributed by atoms with E-state index < -0.39 is 0 Å². The Kier molecular flexibility index (Phi) is 17.3.